The normalized spacial score (nSPS) is 25.5. The Labute approximate surface area is 89.3 Å². The quantitative estimate of drug-likeness (QED) is 0.708. The molecule has 0 amide bonds. The van der Waals surface area contributed by atoms with Gasteiger partial charge in [-0.1, -0.05) is 25.1 Å². The fraction of sp³-hybridized carbons (Fsp3) is 0.385. The summed E-state index contributed by atoms with van der Waals surface area (Å²) in [7, 11) is 0. The third-order valence-corrected chi connectivity index (χ3v) is 3.27. The first kappa shape index (κ1) is 8.98. The van der Waals surface area contributed by atoms with Crippen molar-refractivity contribution in [2.75, 3.05) is 6.54 Å². The van der Waals surface area contributed by atoms with Crippen molar-refractivity contribution < 1.29 is 4.42 Å². The van der Waals surface area contributed by atoms with Crippen molar-refractivity contribution in [2.24, 2.45) is 0 Å². The topological polar surface area (TPSA) is 25.2 Å². The number of nitrogens with one attached hydrogen (secondary N) is 1. The van der Waals surface area contributed by atoms with Gasteiger partial charge in [0.25, 0.3) is 0 Å². The third kappa shape index (κ3) is 1.21. The summed E-state index contributed by atoms with van der Waals surface area (Å²) in [5.41, 5.74) is 2.37. The van der Waals surface area contributed by atoms with Crippen LogP contribution in [0.25, 0.3) is 11.0 Å². The van der Waals surface area contributed by atoms with Crippen LogP contribution < -0.4 is 5.32 Å². The van der Waals surface area contributed by atoms with Crippen LogP contribution in [-0.4, -0.2) is 6.54 Å². The van der Waals surface area contributed by atoms with Crippen molar-refractivity contribution in [1.29, 1.82) is 0 Å². The van der Waals surface area contributed by atoms with E-state index in [0.717, 1.165) is 12.1 Å². The van der Waals surface area contributed by atoms with Crippen LogP contribution >= 0.6 is 0 Å². The Balaban J connectivity index is 2.34. The van der Waals surface area contributed by atoms with Gasteiger partial charge in [-0.05, 0) is 13.0 Å². The van der Waals surface area contributed by atoms with Crippen molar-refractivity contribution in [1.82, 2.24) is 5.32 Å². The molecule has 0 bridgehead atoms. The fourth-order valence-electron chi connectivity index (χ4n) is 2.45. The second kappa shape index (κ2) is 3.11. The van der Waals surface area contributed by atoms with Gasteiger partial charge < -0.3 is 9.73 Å². The molecule has 0 spiro atoms. The molecule has 0 saturated heterocycles. The molecule has 1 aromatic carbocycles. The molecule has 2 nitrogen and oxygen atoms in total. The summed E-state index contributed by atoms with van der Waals surface area (Å²) in [6.07, 6.45) is 0. The van der Waals surface area contributed by atoms with Crippen molar-refractivity contribution >= 4 is 11.0 Å². The zero-order chi connectivity index (χ0) is 10.4. The molecule has 1 aliphatic rings. The first-order chi connectivity index (χ1) is 7.27. The van der Waals surface area contributed by atoms with Crippen molar-refractivity contribution in [3.8, 4) is 0 Å². The minimum Gasteiger partial charge on any atom is -0.460 e. The molecule has 1 aliphatic heterocycles. The van der Waals surface area contributed by atoms with Crippen LogP contribution in [0.15, 0.2) is 28.7 Å². The molecule has 1 aromatic heterocycles. The van der Waals surface area contributed by atoms with Gasteiger partial charge in [0.2, 0.25) is 0 Å². The Morgan fingerprint density at radius 1 is 1.27 bits per heavy atom. The molecule has 78 valence electrons. The van der Waals surface area contributed by atoms with E-state index in [1.807, 2.05) is 12.1 Å². The van der Waals surface area contributed by atoms with E-state index in [2.05, 4.69) is 31.3 Å². The summed E-state index contributed by atoms with van der Waals surface area (Å²) in [4.78, 5) is 0. The van der Waals surface area contributed by atoms with E-state index in [1.54, 1.807) is 0 Å². The van der Waals surface area contributed by atoms with E-state index in [1.165, 1.54) is 16.7 Å². The van der Waals surface area contributed by atoms with Gasteiger partial charge >= 0.3 is 0 Å². The highest BCUT2D eigenvalue weighted by molar-refractivity contribution is 5.83. The van der Waals surface area contributed by atoms with Gasteiger partial charge in [0.05, 0.1) is 0 Å². The number of para-hydroxylation sites is 1. The van der Waals surface area contributed by atoms with Gasteiger partial charge in [-0.2, -0.15) is 0 Å². The molecule has 2 aromatic rings. The first-order valence-corrected chi connectivity index (χ1v) is 5.52. The molecule has 15 heavy (non-hydrogen) atoms. The summed E-state index contributed by atoms with van der Waals surface area (Å²) in [5, 5.41) is 4.77. The van der Waals surface area contributed by atoms with E-state index in [4.69, 9.17) is 4.42 Å². The largest absolute Gasteiger partial charge is 0.460 e. The van der Waals surface area contributed by atoms with Crippen LogP contribution in [-0.2, 0) is 0 Å². The monoisotopic (exact) mass is 201 g/mol. The summed E-state index contributed by atoms with van der Waals surface area (Å²) in [5.74, 6) is 1.64. The Kier molecular flexibility index (Phi) is 1.86. The van der Waals surface area contributed by atoms with E-state index in [9.17, 15) is 0 Å². The molecule has 0 saturated carbocycles. The molecular weight excluding hydrogens is 186 g/mol. The third-order valence-electron chi connectivity index (χ3n) is 3.27. The Morgan fingerprint density at radius 3 is 2.93 bits per heavy atom. The SMILES string of the molecule is CC1CNC(C)c2c1oc1ccccc21. The second-order valence-electron chi connectivity index (χ2n) is 4.41. The number of hydrogen-bond donors (Lipinski definition) is 1. The number of rotatable bonds is 0. The molecule has 0 fully saturated rings. The van der Waals surface area contributed by atoms with Gasteiger partial charge in [-0.15, -0.1) is 0 Å². The van der Waals surface area contributed by atoms with E-state index in [0.29, 0.717) is 12.0 Å². The zero-order valence-corrected chi connectivity index (χ0v) is 9.08. The molecule has 2 heterocycles. The van der Waals surface area contributed by atoms with E-state index in [-0.39, 0.29) is 0 Å². The Bertz CT molecular complexity index is 500. The second-order valence-corrected chi connectivity index (χ2v) is 4.41. The lowest BCUT2D eigenvalue weighted by molar-refractivity contribution is 0.418. The van der Waals surface area contributed by atoms with Gasteiger partial charge in [-0.3, -0.25) is 0 Å². The van der Waals surface area contributed by atoms with Crippen molar-refractivity contribution in [3.05, 3.63) is 35.6 Å². The highest BCUT2D eigenvalue weighted by atomic mass is 16.3. The number of hydrogen-bond acceptors (Lipinski definition) is 2. The highest BCUT2D eigenvalue weighted by Crippen LogP contribution is 2.37. The Hall–Kier alpha value is -1.28. The molecule has 3 rings (SSSR count). The molecular formula is C13H15NO. The van der Waals surface area contributed by atoms with Crippen LogP contribution in [0, 0.1) is 0 Å². The number of benzene rings is 1. The van der Waals surface area contributed by atoms with Crippen LogP contribution in [0.4, 0.5) is 0 Å². The maximum atomic E-state index is 5.93. The van der Waals surface area contributed by atoms with Crippen LogP contribution in [0.1, 0.15) is 37.1 Å². The Morgan fingerprint density at radius 2 is 2.07 bits per heavy atom. The van der Waals surface area contributed by atoms with Gasteiger partial charge in [0.1, 0.15) is 11.3 Å². The lowest BCUT2D eigenvalue weighted by atomic mass is 9.93. The lowest BCUT2D eigenvalue weighted by Gasteiger charge is -2.24. The minimum absolute atomic E-state index is 0.403. The summed E-state index contributed by atoms with van der Waals surface area (Å²) < 4.78 is 5.93. The maximum Gasteiger partial charge on any atom is 0.134 e. The molecule has 0 radical (unpaired) electrons. The van der Waals surface area contributed by atoms with Gasteiger partial charge in [0.15, 0.2) is 0 Å². The van der Waals surface area contributed by atoms with Crippen LogP contribution in [0.3, 0.4) is 0 Å². The number of furan rings is 1. The highest BCUT2D eigenvalue weighted by Gasteiger charge is 2.27. The van der Waals surface area contributed by atoms with Gasteiger partial charge in [0, 0.05) is 29.5 Å². The maximum absolute atomic E-state index is 5.93. The summed E-state index contributed by atoms with van der Waals surface area (Å²) in [6, 6.07) is 8.70. The van der Waals surface area contributed by atoms with Crippen molar-refractivity contribution in [3.63, 3.8) is 0 Å². The predicted molar refractivity (Wildman–Crippen MR) is 61.0 cm³/mol. The van der Waals surface area contributed by atoms with Crippen molar-refractivity contribution in [2.45, 2.75) is 25.8 Å². The van der Waals surface area contributed by atoms with Gasteiger partial charge in [-0.25, -0.2) is 0 Å². The molecule has 1 N–H and O–H groups in total. The molecule has 0 aliphatic carbocycles. The average molecular weight is 201 g/mol. The summed E-state index contributed by atoms with van der Waals surface area (Å²) >= 11 is 0. The fourth-order valence-corrected chi connectivity index (χ4v) is 2.45. The molecule has 2 unspecified atom stereocenters. The average Bonchev–Trinajstić information content (AvgIpc) is 2.64. The van der Waals surface area contributed by atoms with Crippen LogP contribution in [0.2, 0.25) is 0 Å². The van der Waals surface area contributed by atoms with Crippen LogP contribution in [0.5, 0.6) is 0 Å². The summed E-state index contributed by atoms with van der Waals surface area (Å²) in [6.45, 7) is 5.42. The van der Waals surface area contributed by atoms with E-state index < -0.39 is 0 Å². The lowest BCUT2D eigenvalue weighted by Crippen LogP contribution is -2.29. The molecule has 2 atom stereocenters. The minimum atomic E-state index is 0.403. The predicted octanol–water partition coefficient (Wildman–Crippen LogP) is 3.20. The zero-order valence-electron chi connectivity index (χ0n) is 9.08. The number of fused-ring (bicyclic) bond motifs is 3. The standard InChI is InChI=1S/C13H15NO/c1-8-7-14-9(2)12-10-5-3-4-6-11(10)15-13(8)12/h3-6,8-9,14H,7H2,1-2H3. The molecule has 2 heteroatoms. The van der Waals surface area contributed by atoms with E-state index >= 15 is 0 Å². The smallest absolute Gasteiger partial charge is 0.134 e. The first-order valence-electron chi connectivity index (χ1n) is 5.52.